The highest BCUT2D eigenvalue weighted by Crippen LogP contribution is 2.41. The largest absolute Gasteiger partial charge is 0.393 e. The van der Waals surface area contributed by atoms with Gasteiger partial charge in [0.05, 0.1) is 6.10 Å². The Labute approximate surface area is 107 Å². The summed E-state index contributed by atoms with van der Waals surface area (Å²) in [7, 11) is 1.76. The Balaban J connectivity index is 2.36. The van der Waals surface area contributed by atoms with E-state index in [0.717, 1.165) is 31.8 Å². The van der Waals surface area contributed by atoms with Crippen LogP contribution in [-0.2, 0) is 4.74 Å². The van der Waals surface area contributed by atoms with E-state index in [1.807, 2.05) is 0 Å². The van der Waals surface area contributed by atoms with Gasteiger partial charge in [-0.05, 0) is 49.4 Å². The minimum absolute atomic E-state index is 0.0591. The minimum atomic E-state index is -0.0591. The molecule has 0 aromatic heterocycles. The predicted molar refractivity (Wildman–Crippen MR) is 72.0 cm³/mol. The molecule has 0 heterocycles. The lowest BCUT2D eigenvalue weighted by Crippen LogP contribution is -2.34. The molecule has 1 N–H and O–H groups in total. The maximum Gasteiger partial charge on any atom is 0.0568 e. The van der Waals surface area contributed by atoms with Gasteiger partial charge in [-0.3, -0.25) is 0 Å². The monoisotopic (exact) mass is 242 g/mol. The van der Waals surface area contributed by atoms with Crippen LogP contribution in [-0.4, -0.2) is 24.9 Å². The van der Waals surface area contributed by atoms with Crippen molar-refractivity contribution in [1.29, 1.82) is 0 Å². The van der Waals surface area contributed by atoms with Crippen LogP contribution < -0.4 is 0 Å². The van der Waals surface area contributed by atoms with Gasteiger partial charge < -0.3 is 9.84 Å². The summed E-state index contributed by atoms with van der Waals surface area (Å²) in [6.07, 6.45) is 6.81. The molecule has 0 aromatic carbocycles. The molecule has 0 amide bonds. The third-order valence-corrected chi connectivity index (χ3v) is 4.34. The van der Waals surface area contributed by atoms with Crippen LogP contribution in [0.2, 0.25) is 0 Å². The molecule has 1 saturated carbocycles. The average molecular weight is 242 g/mol. The van der Waals surface area contributed by atoms with Gasteiger partial charge in [0, 0.05) is 13.7 Å². The topological polar surface area (TPSA) is 29.5 Å². The van der Waals surface area contributed by atoms with Gasteiger partial charge in [0.25, 0.3) is 0 Å². The number of hydrogen-bond donors (Lipinski definition) is 1. The van der Waals surface area contributed by atoms with Crippen molar-refractivity contribution in [2.45, 2.75) is 65.4 Å². The van der Waals surface area contributed by atoms with Crippen molar-refractivity contribution in [3.63, 3.8) is 0 Å². The molecular formula is C15H30O2. The van der Waals surface area contributed by atoms with Crippen molar-refractivity contribution in [3.05, 3.63) is 0 Å². The molecule has 1 rings (SSSR count). The number of methoxy groups -OCH3 is 1. The Morgan fingerprint density at radius 1 is 1.18 bits per heavy atom. The number of rotatable bonds is 5. The third kappa shape index (κ3) is 4.97. The van der Waals surface area contributed by atoms with Crippen LogP contribution in [0.15, 0.2) is 0 Å². The summed E-state index contributed by atoms with van der Waals surface area (Å²) in [5.74, 6) is 1.29. The molecule has 1 aliphatic rings. The van der Waals surface area contributed by atoms with Crippen LogP contribution in [0.3, 0.4) is 0 Å². The van der Waals surface area contributed by atoms with Gasteiger partial charge in [-0.2, -0.15) is 0 Å². The van der Waals surface area contributed by atoms with E-state index in [-0.39, 0.29) is 6.10 Å². The fourth-order valence-electron chi connectivity index (χ4n) is 3.00. The second-order valence-electron chi connectivity index (χ2n) is 6.69. The Morgan fingerprint density at radius 2 is 1.88 bits per heavy atom. The first-order valence-corrected chi connectivity index (χ1v) is 7.12. The maximum atomic E-state index is 10.1. The fourth-order valence-corrected chi connectivity index (χ4v) is 3.00. The second kappa shape index (κ2) is 6.75. The Kier molecular flexibility index (Phi) is 5.94. The van der Waals surface area contributed by atoms with E-state index in [1.165, 1.54) is 19.3 Å². The van der Waals surface area contributed by atoms with E-state index in [9.17, 15) is 5.11 Å². The standard InChI is InChI=1S/C15H30O2/c1-15(2,3)13-8-9-14(16)12(11-13)7-5-6-10-17-4/h12-14,16H,5-11H2,1-4H3. The number of aliphatic hydroxyl groups excluding tert-OH is 1. The summed E-state index contributed by atoms with van der Waals surface area (Å²) < 4.78 is 5.07. The first kappa shape index (κ1) is 15.0. The van der Waals surface area contributed by atoms with E-state index in [0.29, 0.717) is 11.3 Å². The Morgan fingerprint density at radius 3 is 2.47 bits per heavy atom. The van der Waals surface area contributed by atoms with E-state index < -0.39 is 0 Å². The SMILES string of the molecule is COCCCCC1CC(C(C)(C)C)CCC1O. The van der Waals surface area contributed by atoms with Gasteiger partial charge in [0.15, 0.2) is 0 Å². The number of hydrogen-bond acceptors (Lipinski definition) is 2. The molecule has 3 atom stereocenters. The molecule has 17 heavy (non-hydrogen) atoms. The van der Waals surface area contributed by atoms with Crippen LogP contribution in [0.4, 0.5) is 0 Å². The first-order chi connectivity index (χ1) is 7.95. The lowest BCUT2D eigenvalue weighted by atomic mass is 9.67. The molecule has 0 aliphatic heterocycles. The second-order valence-corrected chi connectivity index (χ2v) is 6.69. The van der Waals surface area contributed by atoms with Crippen molar-refractivity contribution in [3.8, 4) is 0 Å². The van der Waals surface area contributed by atoms with Crippen LogP contribution >= 0.6 is 0 Å². The van der Waals surface area contributed by atoms with Gasteiger partial charge in [0.2, 0.25) is 0 Å². The Bertz CT molecular complexity index is 207. The zero-order valence-corrected chi connectivity index (χ0v) is 12.0. The molecule has 0 spiro atoms. The van der Waals surface area contributed by atoms with E-state index >= 15 is 0 Å². The summed E-state index contributed by atoms with van der Waals surface area (Å²) in [5, 5.41) is 10.1. The molecular weight excluding hydrogens is 212 g/mol. The highest BCUT2D eigenvalue weighted by molar-refractivity contribution is 4.85. The fraction of sp³-hybridized carbons (Fsp3) is 1.00. The van der Waals surface area contributed by atoms with Crippen molar-refractivity contribution in [1.82, 2.24) is 0 Å². The molecule has 0 saturated heterocycles. The zero-order chi connectivity index (χ0) is 12.9. The summed E-state index contributed by atoms with van der Waals surface area (Å²) >= 11 is 0. The van der Waals surface area contributed by atoms with Crippen LogP contribution in [0.25, 0.3) is 0 Å². The van der Waals surface area contributed by atoms with Gasteiger partial charge in [-0.1, -0.05) is 27.2 Å². The van der Waals surface area contributed by atoms with Gasteiger partial charge >= 0.3 is 0 Å². The zero-order valence-electron chi connectivity index (χ0n) is 12.0. The predicted octanol–water partition coefficient (Wildman–Crippen LogP) is 3.63. The molecule has 2 heteroatoms. The van der Waals surface area contributed by atoms with Crippen molar-refractivity contribution in [2.75, 3.05) is 13.7 Å². The molecule has 0 aromatic rings. The molecule has 3 unspecified atom stereocenters. The minimum Gasteiger partial charge on any atom is -0.393 e. The first-order valence-electron chi connectivity index (χ1n) is 7.12. The summed E-state index contributed by atoms with van der Waals surface area (Å²) in [6, 6.07) is 0. The summed E-state index contributed by atoms with van der Waals surface area (Å²) in [6.45, 7) is 7.84. The lowest BCUT2D eigenvalue weighted by Gasteiger charge is -2.40. The summed E-state index contributed by atoms with van der Waals surface area (Å²) in [4.78, 5) is 0. The van der Waals surface area contributed by atoms with Crippen LogP contribution in [0.5, 0.6) is 0 Å². The highest BCUT2D eigenvalue weighted by atomic mass is 16.5. The smallest absolute Gasteiger partial charge is 0.0568 e. The van der Waals surface area contributed by atoms with Gasteiger partial charge in [-0.15, -0.1) is 0 Å². The van der Waals surface area contributed by atoms with E-state index in [2.05, 4.69) is 20.8 Å². The lowest BCUT2D eigenvalue weighted by molar-refractivity contribution is 0.0141. The molecule has 0 bridgehead atoms. The van der Waals surface area contributed by atoms with Crippen LogP contribution in [0, 0.1) is 17.3 Å². The maximum absolute atomic E-state index is 10.1. The van der Waals surface area contributed by atoms with Gasteiger partial charge in [0.1, 0.15) is 0 Å². The number of ether oxygens (including phenoxy) is 1. The summed E-state index contributed by atoms with van der Waals surface area (Å²) in [5.41, 5.74) is 0.394. The molecule has 0 radical (unpaired) electrons. The van der Waals surface area contributed by atoms with Crippen molar-refractivity contribution in [2.24, 2.45) is 17.3 Å². The molecule has 2 nitrogen and oxygen atoms in total. The third-order valence-electron chi connectivity index (χ3n) is 4.34. The van der Waals surface area contributed by atoms with Crippen molar-refractivity contribution >= 4 is 0 Å². The normalized spacial score (nSPS) is 30.5. The van der Waals surface area contributed by atoms with Crippen LogP contribution in [0.1, 0.15) is 59.3 Å². The molecule has 1 aliphatic carbocycles. The number of aliphatic hydroxyl groups is 1. The highest BCUT2D eigenvalue weighted by Gasteiger charge is 2.34. The van der Waals surface area contributed by atoms with Crippen molar-refractivity contribution < 1.29 is 9.84 Å². The van der Waals surface area contributed by atoms with Gasteiger partial charge in [-0.25, -0.2) is 0 Å². The molecule has 102 valence electrons. The average Bonchev–Trinajstić information content (AvgIpc) is 2.25. The number of unbranched alkanes of at least 4 members (excludes halogenated alkanes) is 1. The van der Waals surface area contributed by atoms with E-state index in [1.54, 1.807) is 7.11 Å². The Hall–Kier alpha value is -0.0800. The van der Waals surface area contributed by atoms with E-state index in [4.69, 9.17) is 4.74 Å². The molecule has 1 fully saturated rings. The quantitative estimate of drug-likeness (QED) is 0.746.